The molecule has 0 unspecified atom stereocenters. The van der Waals surface area contributed by atoms with Crippen LogP contribution in [0.1, 0.15) is 11.5 Å². The lowest BCUT2D eigenvalue weighted by molar-refractivity contribution is 0.217. The standard InChI is InChI=1S/C18H15N3O3/c1-13-20-18(21-24-13)15-4-8-17(9-5-15)23-11-10-22-16-6-2-14(12-19)3-7-16/h2-9H,10-11H2,1H3. The molecule has 6 heteroatoms. The second-order valence-corrected chi connectivity index (χ2v) is 4.99. The van der Waals surface area contributed by atoms with E-state index in [1.54, 1.807) is 31.2 Å². The highest BCUT2D eigenvalue weighted by Gasteiger charge is 2.05. The van der Waals surface area contributed by atoms with Crippen molar-refractivity contribution in [3.63, 3.8) is 0 Å². The molecule has 0 aliphatic rings. The summed E-state index contributed by atoms with van der Waals surface area (Å²) in [5.74, 6) is 2.54. The number of ether oxygens (including phenoxy) is 2. The lowest BCUT2D eigenvalue weighted by Gasteiger charge is -2.08. The van der Waals surface area contributed by atoms with E-state index in [9.17, 15) is 0 Å². The second kappa shape index (κ2) is 7.29. The van der Waals surface area contributed by atoms with Gasteiger partial charge in [0.15, 0.2) is 0 Å². The van der Waals surface area contributed by atoms with Crippen molar-refractivity contribution in [2.45, 2.75) is 6.92 Å². The highest BCUT2D eigenvalue weighted by Crippen LogP contribution is 2.20. The van der Waals surface area contributed by atoms with E-state index in [1.807, 2.05) is 24.3 Å². The van der Waals surface area contributed by atoms with Crippen LogP contribution in [0.3, 0.4) is 0 Å². The summed E-state index contributed by atoms with van der Waals surface area (Å²) in [5, 5.41) is 12.6. The van der Waals surface area contributed by atoms with E-state index in [0.29, 0.717) is 36.2 Å². The molecular formula is C18H15N3O3. The number of benzene rings is 2. The highest BCUT2D eigenvalue weighted by molar-refractivity contribution is 5.55. The maximum atomic E-state index is 8.74. The molecule has 0 spiro atoms. The van der Waals surface area contributed by atoms with Gasteiger partial charge in [0.1, 0.15) is 24.7 Å². The molecule has 3 aromatic rings. The topological polar surface area (TPSA) is 81.2 Å². The first-order valence-corrected chi connectivity index (χ1v) is 7.41. The number of aromatic nitrogens is 2. The summed E-state index contributed by atoms with van der Waals surface area (Å²) >= 11 is 0. The molecule has 0 saturated heterocycles. The Balaban J connectivity index is 1.47. The number of nitriles is 1. The van der Waals surface area contributed by atoms with Gasteiger partial charge in [-0.2, -0.15) is 10.2 Å². The van der Waals surface area contributed by atoms with Gasteiger partial charge in [-0.05, 0) is 48.5 Å². The molecule has 0 atom stereocenters. The number of nitrogens with zero attached hydrogens (tertiary/aromatic N) is 3. The SMILES string of the molecule is Cc1nc(-c2ccc(OCCOc3ccc(C#N)cc3)cc2)no1. The third kappa shape index (κ3) is 3.90. The largest absolute Gasteiger partial charge is 0.490 e. The molecule has 24 heavy (non-hydrogen) atoms. The lowest BCUT2D eigenvalue weighted by atomic mass is 10.2. The molecule has 1 heterocycles. The van der Waals surface area contributed by atoms with Crippen molar-refractivity contribution in [2.75, 3.05) is 13.2 Å². The van der Waals surface area contributed by atoms with E-state index in [4.69, 9.17) is 19.3 Å². The molecule has 0 radical (unpaired) electrons. The fourth-order valence-electron chi connectivity index (χ4n) is 2.06. The Kier molecular flexibility index (Phi) is 4.73. The first-order chi connectivity index (χ1) is 11.7. The average Bonchev–Trinajstić information content (AvgIpc) is 3.06. The molecule has 0 aliphatic carbocycles. The van der Waals surface area contributed by atoms with Crippen molar-refractivity contribution in [3.05, 3.63) is 60.0 Å². The van der Waals surface area contributed by atoms with Crippen molar-refractivity contribution in [1.29, 1.82) is 5.26 Å². The van der Waals surface area contributed by atoms with E-state index in [-0.39, 0.29) is 0 Å². The Bertz CT molecular complexity index is 833. The Hall–Kier alpha value is -3.33. The van der Waals surface area contributed by atoms with Crippen LogP contribution in [0.4, 0.5) is 0 Å². The van der Waals surface area contributed by atoms with Crippen LogP contribution in [-0.2, 0) is 0 Å². The first-order valence-electron chi connectivity index (χ1n) is 7.41. The molecule has 1 aromatic heterocycles. The summed E-state index contributed by atoms with van der Waals surface area (Å²) in [6.07, 6.45) is 0. The van der Waals surface area contributed by atoms with Gasteiger partial charge in [-0.15, -0.1) is 0 Å². The summed E-state index contributed by atoms with van der Waals surface area (Å²) in [7, 11) is 0. The monoisotopic (exact) mass is 321 g/mol. The fourth-order valence-corrected chi connectivity index (χ4v) is 2.06. The molecule has 0 bridgehead atoms. The van der Waals surface area contributed by atoms with Gasteiger partial charge in [-0.3, -0.25) is 0 Å². The zero-order valence-electron chi connectivity index (χ0n) is 13.1. The van der Waals surface area contributed by atoms with Gasteiger partial charge in [-0.25, -0.2) is 0 Å². The summed E-state index contributed by atoms with van der Waals surface area (Å²) in [5.41, 5.74) is 1.48. The summed E-state index contributed by atoms with van der Waals surface area (Å²) in [6, 6.07) is 16.5. The minimum atomic E-state index is 0.414. The molecule has 0 N–H and O–H groups in total. The van der Waals surface area contributed by atoms with Gasteiger partial charge >= 0.3 is 0 Å². The zero-order chi connectivity index (χ0) is 16.8. The normalized spacial score (nSPS) is 10.2. The third-order valence-electron chi connectivity index (χ3n) is 3.24. The van der Waals surface area contributed by atoms with Crippen LogP contribution in [-0.4, -0.2) is 23.4 Å². The van der Waals surface area contributed by atoms with Crippen LogP contribution in [0.25, 0.3) is 11.4 Å². The van der Waals surface area contributed by atoms with Crippen LogP contribution in [0.2, 0.25) is 0 Å². The van der Waals surface area contributed by atoms with Gasteiger partial charge < -0.3 is 14.0 Å². The Morgan fingerprint density at radius 2 is 1.54 bits per heavy atom. The maximum Gasteiger partial charge on any atom is 0.223 e. The Morgan fingerprint density at radius 1 is 0.958 bits per heavy atom. The molecule has 2 aromatic carbocycles. The average molecular weight is 321 g/mol. The van der Waals surface area contributed by atoms with Crippen LogP contribution in [0.5, 0.6) is 11.5 Å². The summed E-state index contributed by atoms with van der Waals surface area (Å²) in [4.78, 5) is 4.17. The number of rotatable bonds is 6. The molecule has 0 saturated carbocycles. The molecule has 0 fully saturated rings. The molecule has 0 amide bonds. The molecule has 0 aliphatic heterocycles. The molecule has 3 rings (SSSR count). The summed E-state index contributed by atoms with van der Waals surface area (Å²) in [6.45, 7) is 2.58. The van der Waals surface area contributed by atoms with E-state index < -0.39 is 0 Å². The number of hydrogen-bond donors (Lipinski definition) is 0. The first kappa shape index (κ1) is 15.6. The van der Waals surface area contributed by atoms with Crippen LogP contribution in [0.15, 0.2) is 53.1 Å². The van der Waals surface area contributed by atoms with Gasteiger partial charge in [0.05, 0.1) is 11.6 Å². The van der Waals surface area contributed by atoms with E-state index in [0.717, 1.165) is 11.3 Å². The molecular weight excluding hydrogens is 306 g/mol. The smallest absolute Gasteiger partial charge is 0.223 e. The minimum Gasteiger partial charge on any atom is -0.490 e. The molecule has 120 valence electrons. The lowest BCUT2D eigenvalue weighted by Crippen LogP contribution is -2.08. The molecule has 6 nitrogen and oxygen atoms in total. The van der Waals surface area contributed by atoms with Gasteiger partial charge in [-0.1, -0.05) is 5.16 Å². The van der Waals surface area contributed by atoms with Crippen molar-refractivity contribution in [2.24, 2.45) is 0 Å². The quantitative estimate of drug-likeness (QED) is 0.647. The Morgan fingerprint density at radius 3 is 2.04 bits per heavy atom. The minimum absolute atomic E-state index is 0.414. The van der Waals surface area contributed by atoms with Crippen LogP contribution in [0, 0.1) is 18.3 Å². The van der Waals surface area contributed by atoms with Crippen molar-refractivity contribution in [1.82, 2.24) is 10.1 Å². The maximum absolute atomic E-state index is 8.74. The highest BCUT2D eigenvalue weighted by atomic mass is 16.5. The predicted molar refractivity (Wildman–Crippen MR) is 86.6 cm³/mol. The number of hydrogen-bond acceptors (Lipinski definition) is 6. The summed E-state index contributed by atoms with van der Waals surface area (Å²) < 4.78 is 16.1. The van der Waals surface area contributed by atoms with E-state index in [1.165, 1.54) is 0 Å². The predicted octanol–water partition coefficient (Wildman–Crippen LogP) is 3.37. The van der Waals surface area contributed by atoms with E-state index in [2.05, 4.69) is 16.2 Å². The number of aryl methyl sites for hydroxylation is 1. The zero-order valence-corrected chi connectivity index (χ0v) is 13.1. The third-order valence-corrected chi connectivity index (χ3v) is 3.24. The van der Waals surface area contributed by atoms with Crippen molar-refractivity contribution >= 4 is 0 Å². The van der Waals surface area contributed by atoms with E-state index >= 15 is 0 Å². The fraction of sp³-hybridized carbons (Fsp3) is 0.167. The van der Waals surface area contributed by atoms with Crippen molar-refractivity contribution in [3.8, 4) is 29.0 Å². The van der Waals surface area contributed by atoms with Gasteiger partial charge in [0.25, 0.3) is 0 Å². The van der Waals surface area contributed by atoms with Crippen molar-refractivity contribution < 1.29 is 14.0 Å². The second-order valence-electron chi connectivity index (χ2n) is 4.99. The Labute approximate surface area is 139 Å². The van der Waals surface area contributed by atoms with Crippen LogP contribution < -0.4 is 9.47 Å². The van der Waals surface area contributed by atoms with Crippen LogP contribution >= 0.6 is 0 Å². The van der Waals surface area contributed by atoms with Gasteiger partial charge in [0, 0.05) is 12.5 Å². The van der Waals surface area contributed by atoms with Gasteiger partial charge in [0.2, 0.25) is 11.7 Å².